The highest BCUT2D eigenvalue weighted by Crippen LogP contribution is 2.25. The molecule has 0 aromatic carbocycles. The molecule has 0 aliphatic rings. The zero-order chi connectivity index (χ0) is 12.5. The van der Waals surface area contributed by atoms with Crippen molar-refractivity contribution in [1.82, 2.24) is 19.9 Å². The Bertz CT molecular complexity index is 520. The maximum Gasteiger partial charge on any atom is 0.245 e. The van der Waals surface area contributed by atoms with E-state index >= 15 is 0 Å². The number of H-pyrrole nitrogens is 1. The fraction of sp³-hybridized carbons (Fsp3) is 0.545. The van der Waals surface area contributed by atoms with Crippen LogP contribution < -0.4 is 10.1 Å². The van der Waals surface area contributed by atoms with E-state index in [2.05, 4.69) is 32.2 Å². The monoisotopic (exact) mass is 235 g/mol. The summed E-state index contributed by atoms with van der Waals surface area (Å²) in [6.45, 7) is 6.12. The van der Waals surface area contributed by atoms with Crippen molar-refractivity contribution in [3.8, 4) is 5.88 Å². The molecule has 0 amide bonds. The fourth-order valence-corrected chi connectivity index (χ4v) is 1.33. The molecule has 17 heavy (non-hydrogen) atoms. The van der Waals surface area contributed by atoms with Crippen LogP contribution in [0, 0.1) is 0 Å². The van der Waals surface area contributed by atoms with Gasteiger partial charge in [-0.3, -0.25) is 0 Å². The number of aromatic amines is 1. The van der Waals surface area contributed by atoms with Crippen LogP contribution >= 0.6 is 0 Å². The third-order valence-corrected chi connectivity index (χ3v) is 2.70. The van der Waals surface area contributed by atoms with Gasteiger partial charge in [-0.1, -0.05) is 6.92 Å². The van der Waals surface area contributed by atoms with E-state index in [0.717, 1.165) is 11.9 Å². The lowest BCUT2D eigenvalue weighted by Gasteiger charge is -2.24. The predicted octanol–water partition coefficient (Wildman–Crippen LogP) is 1.96. The molecule has 0 unspecified atom stereocenters. The summed E-state index contributed by atoms with van der Waals surface area (Å²) in [7, 11) is 1.77. The number of rotatable bonds is 4. The molecule has 2 N–H and O–H groups in total. The smallest absolute Gasteiger partial charge is 0.245 e. The van der Waals surface area contributed by atoms with Gasteiger partial charge in [-0.2, -0.15) is 9.97 Å². The Kier molecular flexibility index (Phi) is 2.87. The minimum Gasteiger partial charge on any atom is -0.470 e. The number of fused-ring (bicyclic) bond motifs is 1. The van der Waals surface area contributed by atoms with Gasteiger partial charge in [0.15, 0.2) is 5.65 Å². The van der Waals surface area contributed by atoms with Gasteiger partial charge in [-0.05, 0) is 20.3 Å². The number of nitrogens with one attached hydrogen (secondary N) is 2. The molecule has 0 saturated heterocycles. The van der Waals surface area contributed by atoms with Crippen LogP contribution in [0.2, 0.25) is 0 Å². The van der Waals surface area contributed by atoms with Crippen molar-refractivity contribution >= 4 is 17.1 Å². The Balaban J connectivity index is 2.47. The quantitative estimate of drug-likeness (QED) is 0.847. The minimum absolute atomic E-state index is 0.266. The van der Waals surface area contributed by atoms with Crippen molar-refractivity contribution < 1.29 is 4.74 Å². The molecule has 0 spiro atoms. The largest absolute Gasteiger partial charge is 0.470 e. The average molecular weight is 235 g/mol. The molecule has 0 saturated carbocycles. The first-order chi connectivity index (χ1) is 8.05. The van der Waals surface area contributed by atoms with Gasteiger partial charge in [-0.25, -0.2) is 4.98 Å². The maximum atomic E-state index is 5.90. The molecule has 2 rings (SSSR count). The Labute approximate surface area is 99.8 Å². The lowest BCUT2D eigenvalue weighted by atomic mass is 10.1. The normalized spacial score (nSPS) is 11.8. The van der Waals surface area contributed by atoms with Gasteiger partial charge < -0.3 is 15.0 Å². The molecule has 92 valence electrons. The molecule has 0 aliphatic carbocycles. The van der Waals surface area contributed by atoms with E-state index in [0.29, 0.717) is 17.5 Å². The third kappa shape index (κ3) is 2.30. The number of nitrogens with zero attached hydrogens (tertiary/aromatic N) is 3. The second kappa shape index (κ2) is 4.20. The number of aromatic nitrogens is 4. The summed E-state index contributed by atoms with van der Waals surface area (Å²) < 4.78 is 5.90. The van der Waals surface area contributed by atoms with Crippen molar-refractivity contribution in [2.75, 3.05) is 12.4 Å². The summed E-state index contributed by atoms with van der Waals surface area (Å²) >= 11 is 0. The Morgan fingerprint density at radius 3 is 2.82 bits per heavy atom. The highest BCUT2D eigenvalue weighted by Gasteiger charge is 2.21. The molecule has 6 nitrogen and oxygen atoms in total. The highest BCUT2D eigenvalue weighted by atomic mass is 16.5. The summed E-state index contributed by atoms with van der Waals surface area (Å²) in [6, 6.07) is 0. The molecule has 0 radical (unpaired) electrons. The molecule has 0 fully saturated rings. The fourth-order valence-electron chi connectivity index (χ4n) is 1.33. The van der Waals surface area contributed by atoms with Crippen LogP contribution in [0.1, 0.15) is 27.2 Å². The first-order valence-corrected chi connectivity index (χ1v) is 5.63. The van der Waals surface area contributed by atoms with Crippen molar-refractivity contribution in [3.63, 3.8) is 0 Å². The van der Waals surface area contributed by atoms with Gasteiger partial charge in [-0.15, -0.1) is 0 Å². The van der Waals surface area contributed by atoms with Gasteiger partial charge in [0, 0.05) is 7.05 Å². The predicted molar refractivity (Wildman–Crippen MR) is 66.2 cm³/mol. The van der Waals surface area contributed by atoms with Crippen LogP contribution in [0.4, 0.5) is 5.95 Å². The lowest BCUT2D eigenvalue weighted by Crippen LogP contribution is -2.27. The summed E-state index contributed by atoms with van der Waals surface area (Å²) in [5, 5.41) is 2.90. The first-order valence-electron chi connectivity index (χ1n) is 5.63. The van der Waals surface area contributed by atoms with Gasteiger partial charge in [0.2, 0.25) is 11.8 Å². The summed E-state index contributed by atoms with van der Waals surface area (Å²) in [6.07, 6.45) is 2.48. The molecule has 2 aromatic rings. The Morgan fingerprint density at radius 2 is 2.18 bits per heavy atom. The summed E-state index contributed by atoms with van der Waals surface area (Å²) in [5.74, 6) is 1.04. The molecular formula is C11H17N5O. The standard InChI is InChI=1S/C11H17N5O/c1-5-11(2,3)17-9-7-8(14-6-13-7)15-10(12-4)16-9/h6H,5H2,1-4H3,(H2,12,13,14,15,16). The first kappa shape index (κ1) is 11.6. The molecular weight excluding hydrogens is 218 g/mol. The summed E-state index contributed by atoms with van der Waals surface area (Å²) in [5.41, 5.74) is 1.06. The van der Waals surface area contributed by atoms with Crippen molar-refractivity contribution in [1.29, 1.82) is 0 Å². The molecule has 0 aliphatic heterocycles. The molecule has 0 atom stereocenters. The van der Waals surface area contributed by atoms with Crippen molar-refractivity contribution in [3.05, 3.63) is 6.33 Å². The summed E-state index contributed by atoms with van der Waals surface area (Å²) in [4.78, 5) is 15.6. The van der Waals surface area contributed by atoms with E-state index in [-0.39, 0.29) is 5.60 Å². The van der Waals surface area contributed by atoms with Crippen LogP contribution in [0.3, 0.4) is 0 Å². The number of hydrogen-bond acceptors (Lipinski definition) is 5. The average Bonchev–Trinajstić information content (AvgIpc) is 2.76. The van der Waals surface area contributed by atoms with E-state index in [1.54, 1.807) is 13.4 Å². The minimum atomic E-state index is -0.266. The Morgan fingerprint density at radius 1 is 1.41 bits per heavy atom. The second-order valence-electron chi connectivity index (χ2n) is 4.42. The van der Waals surface area contributed by atoms with Crippen LogP contribution in [0.5, 0.6) is 5.88 Å². The number of anilines is 1. The molecule has 2 aromatic heterocycles. The zero-order valence-corrected chi connectivity index (χ0v) is 10.5. The SMILES string of the molecule is CCC(C)(C)Oc1nc(NC)nc2nc[nH]c12. The number of imidazole rings is 1. The van der Waals surface area contributed by atoms with E-state index < -0.39 is 0 Å². The Hall–Kier alpha value is -1.85. The topological polar surface area (TPSA) is 75.7 Å². The van der Waals surface area contributed by atoms with E-state index in [1.165, 1.54) is 0 Å². The van der Waals surface area contributed by atoms with Crippen molar-refractivity contribution in [2.45, 2.75) is 32.8 Å². The number of hydrogen-bond donors (Lipinski definition) is 2. The van der Waals surface area contributed by atoms with E-state index in [4.69, 9.17) is 4.74 Å². The lowest BCUT2D eigenvalue weighted by molar-refractivity contribution is 0.101. The molecule has 6 heteroatoms. The van der Waals surface area contributed by atoms with Gasteiger partial charge in [0.05, 0.1) is 6.33 Å². The maximum absolute atomic E-state index is 5.90. The van der Waals surface area contributed by atoms with E-state index in [1.807, 2.05) is 13.8 Å². The third-order valence-electron chi connectivity index (χ3n) is 2.70. The zero-order valence-electron chi connectivity index (χ0n) is 10.5. The van der Waals surface area contributed by atoms with Crippen LogP contribution in [0.15, 0.2) is 6.33 Å². The number of ether oxygens (including phenoxy) is 1. The van der Waals surface area contributed by atoms with Gasteiger partial charge in [0.1, 0.15) is 11.1 Å². The highest BCUT2D eigenvalue weighted by molar-refractivity contribution is 5.76. The molecule has 2 heterocycles. The second-order valence-corrected chi connectivity index (χ2v) is 4.42. The van der Waals surface area contributed by atoms with Crippen LogP contribution in [-0.4, -0.2) is 32.6 Å². The molecule has 0 bridgehead atoms. The van der Waals surface area contributed by atoms with Crippen molar-refractivity contribution in [2.24, 2.45) is 0 Å². The van der Waals surface area contributed by atoms with Crippen LogP contribution in [0.25, 0.3) is 11.2 Å². The van der Waals surface area contributed by atoms with Gasteiger partial charge in [0.25, 0.3) is 0 Å². The van der Waals surface area contributed by atoms with Gasteiger partial charge >= 0.3 is 0 Å². The van der Waals surface area contributed by atoms with Crippen LogP contribution in [-0.2, 0) is 0 Å². The van der Waals surface area contributed by atoms with E-state index in [9.17, 15) is 0 Å².